The van der Waals surface area contributed by atoms with Crippen LogP contribution in [0.25, 0.3) is 0 Å². The molecule has 2 aromatic carbocycles. The first kappa shape index (κ1) is 14.8. The van der Waals surface area contributed by atoms with Crippen molar-refractivity contribution in [2.24, 2.45) is 0 Å². The number of ether oxygens (including phenoxy) is 1. The molecule has 2 N–H and O–H groups in total. The van der Waals surface area contributed by atoms with Gasteiger partial charge in [0.05, 0.1) is 0 Å². The summed E-state index contributed by atoms with van der Waals surface area (Å²) >= 11 is 5.81. The molecule has 0 saturated carbocycles. The van der Waals surface area contributed by atoms with Crippen LogP contribution in [-0.2, 0) is 6.61 Å². The lowest BCUT2D eigenvalue weighted by Gasteiger charge is -2.11. The molecule has 3 nitrogen and oxygen atoms in total. The molecular weight excluding hydrogens is 281 g/mol. The van der Waals surface area contributed by atoms with E-state index in [2.05, 4.69) is 0 Å². The van der Waals surface area contributed by atoms with E-state index in [1.807, 2.05) is 0 Å². The van der Waals surface area contributed by atoms with Gasteiger partial charge in [0.15, 0.2) is 0 Å². The predicted molar refractivity (Wildman–Crippen MR) is 76.7 cm³/mol. The minimum atomic E-state index is -1.52. The molecule has 0 fully saturated rings. The van der Waals surface area contributed by atoms with Crippen LogP contribution in [-0.4, -0.2) is 17.2 Å². The molecule has 0 amide bonds. The second-order valence-corrected chi connectivity index (χ2v) is 4.86. The Balaban J connectivity index is 2.13. The molecule has 0 radical (unpaired) electrons. The summed E-state index contributed by atoms with van der Waals surface area (Å²) in [6.07, 6.45) is 0. The molecule has 0 spiro atoms. The molecule has 2 rings (SSSR count). The van der Waals surface area contributed by atoms with Gasteiger partial charge in [0.2, 0.25) is 0 Å². The maximum absolute atomic E-state index is 13.5. The van der Waals surface area contributed by atoms with Gasteiger partial charge in [-0.15, -0.1) is 0 Å². The van der Waals surface area contributed by atoms with Gasteiger partial charge in [-0.2, -0.15) is 0 Å². The molecule has 20 heavy (non-hydrogen) atoms. The lowest BCUT2D eigenvalue weighted by Crippen LogP contribution is -2.29. The van der Waals surface area contributed by atoms with Crippen molar-refractivity contribution in [3.8, 4) is 5.75 Å². The van der Waals surface area contributed by atoms with Gasteiger partial charge in [-0.05, 0) is 42.2 Å². The summed E-state index contributed by atoms with van der Waals surface area (Å²) in [5.74, 6) is 0.170. The van der Waals surface area contributed by atoms with Crippen molar-refractivity contribution in [2.75, 3.05) is 0 Å². The second-order valence-electron chi connectivity index (χ2n) is 4.42. The van der Waals surface area contributed by atoms with E-state index in [9.17, 15) is 4.39 Å². The van der Waals surface area contributed by atoms with E-state index in [4.69, 9.17) is 26.4 Å². The van der Waals surface area contributed by atoms with Gasteiger partial charge in [-0.25, -0.2) is 4.39 Å². The second kappa shape index (κ2) is 6.26. The zero-order valence-electron chi connectivity index (χ0n) is 10.8. The molecule has 104 valence electrons. The van der Waals surface area contributed by atoms with Crippen LogP contribution in [0.15, 0.2) is 36.4 Å². The highest BCUT2D eigenvalue weighted by atomic mass is 35.5. The van der Waals surface area contributed by atoms with Crippen molar-refractivity contribution in [1.82, 2.24) is 0 Å². The molecule has 0 unspecified atom stereocenters. The molecule has 0 aliphatic rings. The number of hydrogen-bond donors (Lipinski definition) is 2. The molecule has 0 atom stereocenters. The van der Waals surface area contributed by atoms with E-state index in [-0.39, 0.29) is 12.4 Å². The Morgan fingerprint density at radius 1 is 1.20 bits per heavy atom. The quantitative estimate of drug-likeness (QED) is 0.849. The maximum Gasteiger partial charge on any atom is 0.488 e. The fourth-order valence-electron chi connectivity index (χ4n) is 1.80. The Labute approximate surface area is 121 Å². The van der Waals surface area contributed by atoms with Crippen LogP contribution in [0.3, 0.4) is 0 Å². The Morgan fingerprint density at radius 3 is 2.60 bits per heavy atom. The Bertz CT molecular complexity index is 619. The van der Waals surface area contributed by atoms with Gasteiger partial charge in [-0.1, -0.05) is 23.7 Å². The average Bonchev–Trinajstić information content (AvgIpc) is 2.40. The smallest absolute Gasteiger partial charge is 0.488 e. The van der Waals surface area contributed by atoms with E-state index in [1.54, 1.807) is 25.1 Å². The average molecular weight is 295 g/mol. The van der Waals surface area contributed by atoms with Crippen LogP contribution < -0.4 is 10.2 Å². The summed E-state index contributed by atoms with van der Waals surface area (Å²) in [5, 5.41) is 18.6. The third kappa shape index (κ3) is 3.51. The standard InChI is InChI=1S/C14H13BClFO3/c1-9-6-11(15(18)19)2-5-14(9)20-8-10-7-12(16)3-4-13(10)17/h2-7,18-19H,8H2,1H3. The molecule has 0 heterocycles. The third-order valence-corrected chi connectivity index (χ3v) is 3.12. The first-order chi connectivity index (χ1) is 9.47. The van der Waals surface area contributed by atoms with Crippen molar-refractivity contribution in [2.45, 2.75) is 13.5 Å². The molecular formula is C14H13BClFO3. The van der Waals surface area contributed by atoms with Gasteiger partial charge in [0.25, 0.3) is 0 Å². The topological polar surface area (TPSA) is 49.7 Å². The normalized spacial score (nSPS) is 10.4. The lowest BCUT2D eigenvalue weighted by atomic mass is 9.79. The highest BCUT2D eigenvalue weighted by Gasteiger charge is 2.12. The maximum atomic E-state index is 13.5. The molecule has 0 aliphatic carbocycles. The summed E-state index contributed by atoms with van der Waals surface area (Å²) in [6, 6.07) is 9.04. The Kier molecular flexibility index (Phi) is 4.65. The Hall–Kier alpha value is -1.56. The number of halogens is 2. The summed E-state index contributed by atoms with van der Waals surface area (Å²) in [4.78, 5) is 0. The zero-order chi connectivity index (χ0) is 14.7. The molecule has 0 bridgehead atoms. The molecule has 6 heteroatoms. The van der Waals surface area contributed by atoms with Gasteiger partial charge in [-0.3, -0.25) is 0 Å². The SMILES string of the molecule is Cc1cc(B(O)O)ccc1OCc1cc(Cl)ccc1F. The van der Waals surface area contributed by atoms with Crippen molar-refractivity contribution in [3.05, 3.63) is 58.4 Å². The summed E-state index contributed by atoms with van der Waals surface area (Å²) in [7, 11) is -1.52. The highest BCUT2D eigenvalue weighted by molar-refractivity contribution is 6.58. The van der Waals surface area contributed by atoms with Gasteiger partial charge in [0, 0.05) is 10.6 Å². The highest BCUT2D eigenvalue weighted by Crippen LogP contribution is 2.20. The fraction of sp³-hybridized carbons (Fsp3) is 0.143. The summed E-state index contributed by atoms with van der Waals surface area (Å²) in [5.41, 5.74) is 1.48. The third-order valence-electron chi connectivity index (χ3n) is 2.89. The number of aryl methyl sites for hydroxylation is 1. The van der Waals surface area contributed by atoms with Crippen LogP contribution in [0.2, 0.25) is 5.02 Å². The van der Waals surface area contributed by atoms with Crippen molar-refractivity contribution in [1.29, 1.82) is 0 Å². The molecule has 2 aromatic rings. The largest absolute Gasteiger partial charge is 0.489 e. The van der Waals surface area contributed by atoms with E-state index in [0.29, 0.717) is 21.8 Å². The van der Waals surface area contributed by atoms with Crippen LogP contribution in [0.5, 0.6) is 5.75 Å². The van der Waals surface area contributed by atoms with Crippen molar-refractivity contribution in [3.63, 3.8) is 0 Å². The van der Waals surface area contributed by atoms with Crippen LogP contribution in [0.4, 0.5) is 4.39 Å². The van der Waals surface area contributed by atoms with Gasteiger partial charge in [0.1, 0.15) is 18.2 Å². The first-order valence-corrected chi connectivity index (χ1v) is 6.38. The lowest BCUT2D eigenvalue weighted by molar-refractivity contribution is 0.298. The van der Waals surface area contributed by atoms with Gasteiger partial charge >= 0.3 is 7.12 Å². The number of benzene rings is 2. The summed E-state index contributed by atoms with van der Waals surface area (Å²) in [6.45, 7) is 1.82. The number of hydrogen-bond acceptors (Lipinski definition) is 3. The zero-order valence-corrected chi connectivity index (χ0v) is 11.6. The van der Waals surface area contributed by atoms with Gasteiger partial charge < -0.3 is 14.8 Å². The fourth-order valence-corrected chi connectivity index (χ4v) is 2.00. The molecule has 0 aliphatic heterocycles. The van der Waals surface area contributed by atoms with E-state index < -0.39 is 7.12 Å². The monoisotopic (exact) mass is 294 g/mol. The van der Waals surface area contributed by atoms with E-state index in [0.717, 1.165) is 5.56 Å². The number of rotatable bonds is 4. The minimum Gasteiger partial charge on any atom is -0.489 e. The van der Waals surface area contributed by atoms with Crippen LogP contribution >= 0.6 is 11.6 Å². The summed E-state index contributed by atoms with van der Waals surface area (Å²) < 4.78 is 19.1. The minimum absolute atomic E-state index is 0.0499. The van der Waals surface area contributed by atoms with Crippen molar-refractivity contribution >= 4 is 24.2 Å². The van der Waals surface area contributed by atoms with Crippen molar-refractivity contribution < 1.29 is 19.2 Å². The Morgan fingerprint density at radius 2 is 1.95 bits per heavy atom. The van der Waals surface area contributed by atoms with E-state index >= 15 is 0 Å². The molecule has 0 saturated heterocycles. The van der Waals surface area contributed by atoms with E-state index in [1.165, 1.54) is 18.2 Å². The predicted octanol–water partition coefficient (Wildman–Crippen LogP) is 2.05. The molecule has 0 aromatic heterocycles. The van der Waals surface area contributed by atoms with Crippen LogP contribution in [0, 0.1) is 12.7 Å². The first-order valence-electron chi connectivity index (χ1n) is 6.01. The van der Waals surface area contributed by atoms with Crippen LogP contribution in [0.1, 0.15) is 11.1 Å².